The van der Waals surface area contributed by atoms with Crippen molar-refractivity contribution in [3.05, 3.63) is 29.3 Å². The molecule has 0 fully saturated rings. The monoisotopic (exact) mass is 233 g/mol. The third kappa shape index (κ3) is 3.01. The van der Waals surface area contributed by atoms with Crippen molar-refractivity contribution < 1.29 is 4.74 Å². The average molecular weight is 233 g/mol. The molecule has 1 aromatic rings. The van der Waals surface area contributed by atoms with Gasteiger partial charge in [0, 0.05) is 6.04 Å². The molecule has 1 unspecified atom stereocenters. The number of rotatable bonds is 6. The van der Waals surface area contributed by atoms with Crippen LogP contribution in [0.4, 0.5) is 0 Å². The first-order valence-electron chi connectivity index (χ1n) is 6.84. The minimum absolute atomic E-state index is 0.560. The highest BCUT2D eigenvalue weighted by Crippen LogP contribution is 2.33. The van der Waals surface area contributed by atoms with Crippen molar-refractivity contribution in [1.29, 1.82) is 0 Å². The van der Waals surface area contributed by atoms with Crippen molar-refractivity contribution in [2.45, 2.75) is 45.6 Å². The van der Waals surface area contributed by atoms with Crippen molar-refractivity contribution in [3.8, 4) is 5.75 Å². The van der Waals surface area contributed by atoms with Gasteiger partial charge in [-0.3, -0.25) is 0 Å². The van der Waals surface area contributed by atoms with Crippen LogP contribution in [0.5, 0.6) is 5.75 Å². The van der Waals surface area contributed by atoms with Crippen LogP contribution in [0.3, 0.4) is 0 Å². The third-order valence-electron chi connectivity index (χ3n) is 3.31. The van der Waals surface area contributed by atoms with Gasteiger partial charge < -0.3 is 10.1 Å². The number of hydrogen-bond acceptors (Lipinski definition) is 2. The van der Waals surface area contributed by atoms with Gasteiger partial charge >= 0.3 is 0 Å². The van der Waals surface area contributed by atoms with E-state index in [0.717, 1.165) is 25.3 Å². The van der Waals surface area contributed by atoms with Crippen LogP contribution in [0.25, 0.3) is 0 Å². The van der Waals surface area contributed by atoms with Crippen molar-refractivity contribution in [2.24, 2.45) is 0 Å². The van der Waals surface area contributed by atoms with Gasteiger partial charge in [0.1, 0.15) is 5.75 Å². The molecule has 1 aromatic carbocycles. The van der Waals surface area contributed by atoms with Gasteiger partial charge in [-0.2, -0.15) is 0 Å². The number of fused-ring (bicyclic) bond motifs is 1. The summed E-state index contributed by atoms with van der Waals surface area (Å²) in [4.78, 5) is 0. The van der Waals surface area contributed by atoms with Crippen molar-refractivity contribution >= 4 is 0 Å². The Kier molecular flexibility index (Phi) is 4.43. The number of hydrogen-bond donors (Lipinski definition) is 1. The summed E-state index contributed by atoms with van der Waals surface area (Å²) in [5.41, 5.74) is 2.94. The number of benzene rings is 1. The molecule has 1 N–H and O–H groups in total. The highest BCUT2D eigenvalue weighted by Gasteiger charge is 2.21. The summed E-state index contributed by atoms with van der Waals surface area (Å²) in [6.45, 7) is 6.27. The Labute approximate surface area is 104 Å². The standard InChI is InChI=1S/C15H23NO/c1-3-9-16-15-8-5-12-11-13(17-10-4-2)6-7-14(12)15/h6-7,11,15-16H,3-5,8-10H2,1-2H3. The molecule has 0 amide bonds. The molecule has 1 atom stereocenters. The second-order valence-corrected chi connectivity index (χ2v) is 4.75. The van der Waals surface area contributed by atoms with Crippen LogP contribution in [0.2, 0.25) is 0 Å². The van der Waals surface area contributed by atoms with E-state index < -0.39 is 0 Å². The maximum Gasteiger partial charge on any atom is 0.119 e. The maximum atomic E-state index is 5.68. The molecule has 1 aliphatic carbocycles. The van der Waals surface area contributed by atoms with Gasteiger partial charge in [-0.15, -0.1) is 0 Å². The first-order chi connectivity index (χ1) is 8.35. The fraction of sp³-hybridized carbons (Fsp3) is 0.600. The predicted molar refractivity (Wildman–Crippen MR) is 71.6 cm³/mol. The van der Waals surface area contributed by atoms with Crippen molar-refractivity contribution in [3.63, 3.8) is 0 Å². The lowest BCUT2D eigenvalue weighted by Gasteiger charge is -2.13. The summed E-state index contributed by atoms with van der Waals surface area (Å²) < 4.78 is 5.68. The van der Waals surface area contributed by atoms with Crippen molar-refractivity contribution in [1.82, 2.24) is 5.32 Å². The van der Waals surface area contributed by atoms with E-state index in [1.165, 1.54) is 30.4 Å². The highest BCUT2D eigenvalue weighted by molar-refractivity contribution is 5.40. The van der Waals surface area contributed by atoms with Gasteiger partial charge in [0.25, 0.3) is 0 Å². The van der Waals surface area contributed by atoms with Gasteiger partial charge in [0.15, 0.2) is 0 Å². The minimum atomic E-state index is 0.560. The molecule has 0 heterocycles. The molecular formula is C15H23NO. The Balaban J connectivity index is 2.03. The van der Waals surface area contributed by atoms with E-state index in [1.54, 1.807) is 0 Å². The van der Waals surface area contributed by atoms with E-state index in [2.05, 4.69) is 37.4 Å². The Morgan fingerprint density at radius 3 is 2.94 bits per heavy atom. The second kappa shape index (κ2) is 6.06. The fourth-order valence-corrected chi connectivity index (χ4v) is 2.43. The van der Waals surface area contributed by atoms with Crippen molar-refractivity contribution in [2.75, 3.05) is 13.2 Å². The summed E-state index contributed by atoms with van der Waals surface area (Å²) in [7, 11) is 0. The lowest BCUT2D eigenvalue weighted by atomic mass is 10.1. The summed E-state index contributed by atoms with van der Waals surface area (Å²) in [5.74, 6) is 1.03. The zero-order chi connectivity index (χ0) is 12.1. The van der Waals surface area contributed by atoms with Crippen LogP contribution < -0.4 is 10.1 Å². The molecule has 2 rings (SSSR count). The number of aryl methyl sites for hydroxylation is 1. The SMILES string of the molecule is CCCNC1CCc2cc(OCCC)ccc21. The van der Waals surface area contributed by atoms with E-state index in [0.29, 0.717) is 6.04 Å². The van der Waals surface area contributed by atoms with E-state index in [1.807, 2.05) is 0 Å². The van der Waals surface area contributed by atoms with Gasteiger partial charge in [-0.05, 0) is 55.5 Å². The molecule has 0 saturated carbocycles. The maximum absolute atomic E-state index is 5.68. The van der Waals surface area contributed by atoms with E-state index in [4.69, 9.17) is 4.74 Å². The smallest absolute Gasteiger partial charge is 0.119 e. The molecule has 2 heteroatoms. The molecule has 1 aliphatic rings. The summed E-state index contributed by atoms with van der Waals surface area (Å²) in [6.07, 6.45) is 4.67. The van der Waals surface area contributed by atoms with Crippen LogP contribution in [0.15, 0.2) is 18.2 Å². The van der Waals surface area contributed by atoms with Gasteiger partial charge in [0.2, 0.25) is 0 Å². The average Bonchev–Trinajstić information content (AvgIpc) is 2.76. The van der Waals surface area contributed by atoms with Crippen LogP contribution >= 0.6 is 0 Å². The summed E-state index contributed by atoms with van der Waals surface area (Å²) in [6, 6.07) is 7.13. The van der Waals surface area contributed by atoms with Gasteiger partial charge in [-0.1, -0.05) is 19.9 Å². The molecule has 0 radical (unpaired) electrons. The van der Waals surface area contributed by atoms with Gasteiger partial charge in [0.05, 0.1) is 6.61 Å². The van der Waals surface area contributed by atoms with E-state index in [-0.39, 0.29) is 0 Å². The number of nitrogens with one attached hydrogen (secondary N) is 1. The quantitative estimate of drug-likeness (QED) is 0.812. The normalized spacial score (nSPS) is 18.1. The molecule has 0 aliphatic heterocycles. The Bertz CT molecular complexity index is 362. The lowest BCUT2D eigenvalue weighted by Crippen LogP contribution is -2.19. The minimum Gasteiger partial charge on any atom is -0.494 e. The molecule has 0 bridgehead atoms. The second-order valence-electron chi connectivity index (χ2n) is 4.75. The van der Waals surface area contributed by atoms with E-state index >= 15 is 0 Å². The molecule has 0 saturated heterocycles. The van der Waals surface area contributed by atoms with E-state index in [9.17, 15) is 0 Å². The molecule has 2 nitrogen and oxygen atoms in total. The first-order valence-corrected chi connectivity index (χ1v) is 6.84. The zero-order valence-electron chi connectivity index (χ0n) is 11.0. The van der Waals surface area contributed by atoms with Gasteiger partial charge in [-0.25, -0.2) is 0 Å². The number of ether oxygens (including phenoxy) is 1. The van der Waals surface area contributed by atoms with Crippen LogP contribution in [-0.2, 0) is 6.42 Å². The Morgan fingerprint density at radius 1 is 1.29 bits per heavy atom. The Morgan fingerprint density at radius 2 is 2.18 bits per heavy atom. The zero-order valence-corrected chi connectivity index (χ0v) is 11.0. The summed E-state index contributed by atoms with van der Waals surface area (Å²) >= 11 is 0. The largest absolute Gasteiger partial charge is 0.494 e. The summed E-state index contributed by atoms with van der Waals surface area (Å²) in [5, 5.41) is 3.61. The molecular weight excluding hydrogens is 210 g/mol. The lowest BCUT2D eigenvalue weighted by molar-refractivity contribution is 0.317. The van der Waals surface area contributed by atoms with Crippen LogP contribution in [0.1, 0.15) is 50.3 Å². The molecule has 0 spiro atoms. The highest BCUT2D eigenvalue weighted by atomic mass is 16.5. The first kappa shape index (κ1) is 12.4. The topological polar surface area (TPSA) is 21.3 Å². The third-order valence-corrected chi connectivity index (χ3v) is 3.31. The molecule has 17 heavy (non-hydrogen) atoms. The fourth-order valence-electron chi connectivity index (χ4n) is 2.43. The molecule has 0 aromatic heterocycles. The molecule has 94 valence electrons. The predicted octanol–water partition coefficient (Wildman–Crippen LogP) is 3.46. The van der Waals surface area contributed by atoms with Crippen LogP contribution in [-0.4, -0.2) is 13.2 Å². The van der Waals surface area contributed by atoms with Crippen LogP contribution in [0, 0.1) is 0 Å². The Hall–Kier alpha value is -1.02.